The van der Waals surface area contributed by atoms with E-state index in [2.05, 4.69) is 9.97 Å². The van der Waals surface area contributed by atoms with Gasteiger partial charge in [0.15, 0.2) is 22.8 Å². The predicted octanol–water partition coefficient (Wildman–Crippen LogP) is -13.9. The standard InChI is InChI=1S/C9H23NO7P2.C5H10N2O7P2.C5H5N.C4H13NO7P2.C3H10O7P2.3Na.2H2O/c1-3-4-5-7-10(2)8-6-9(11,18(12,13)14)19(15,16)17;8-5(15(9,10)11,16(12,13)14)3-7-2-1-6-4-7;1-2-4-6-5-3-1;5-3-1-2-4(6,13(7,8)9)14(10,11)12;1-2-3(4,11(5,6)7)12(8,9)10;;;;;/h11H,3-8H2,1-2H3,(H2,12,13,14)(H2,15,16,17);1-2,4,8H,3H2,(H2,9,10,11)(H2,12,13,14);1-5H;6H,1-3,5H2,(H2,7,8,9)(H2,10,11,12);4H,2H2,1H3,(H2,5,6,7)(H2,8,9,10);;;;2*1H2/q;;;;;3*+1;;/p-3. The van der Waals surface area contributed by atoms with Gasteiger partial charge in [-0.1, -0.05) is 32.8 Å². The molecular weight excluding hydrogens is 1180 g/mol. The number of rotatable bonds is 21. The zero-order valence-electron chi connectivity index (χ0n) is 39.4. The third kappa shape index (κ3) is 29.6. The summed E-state index contributed by atoms with van der Waals surface area (Å²) in [6.45, 7) is 2.58. The normalized spacial score (nSPS) is 16.8. The first-order chi connectivity index (χ1) is 29.7. The molecule has 2 heterocycles. The van der Waals surface area contributed by atoms with E-state index in [1.165, 1.54) is 12.4 Å². The van der Waals surface area contributed by atoms with Gasteiger partial charge in [0.1, 0.15) is 0 Å². The summed E-state index contributed by atoms with van der Waals surface area (Å²) in [6.07, 6.45) is 7.35. The van der Waals surface area contributed by atoms with Crippen LogP contribution in [0.1, 0.15) is 58.8 Å². The fraction of sp³-hybridized carbons (Fsp3) is 0.692. The number of aromatic nitrogens is 3. The molecule has 0 aliphatic carbocycles. The van der Waals surface area contributed by atoms with Gasteiger partial charge in [-0.3, -0.25) is 27.8 Å². The van der Waals surface area contributed by atoms with E-state index in [0.717, 1.165) is 37.1 Å². The molecule has 2 aromatic rings. The second-order valence-corrected chi connectivity index (χ2v) is 29.5. The molecular formula is C26H62N5Na3O30P8. The van der Waals surface area contributed by atoms with Gasteiger partial charge < -0.3 is 139 Å². The average Bonchev–Trinajstić information content (AvgIpc) is 3.67. The van der Waals surface area contributed by atoms with E-state index in [0.29, 0.717) is 6.54 Å². The summed E-state index contributed by atoms with van der Waals surface area (Å²) in [5.74, 6) is 0. The Balaban J connectivity index is -0.000000120. The first-order valence-corrected chi connectivity index (χ1v) is 30.9. The van der Waals surface area contributed by atoms with E-state index in [4.69, 9.17) is 74.5 Å². The van der Waals surface area contributed by atoms with Crippen molar-refractivity contribution in [1.82, 2.24) is 19.4 Å². The summed E-state index contributed by atoms with van der Waals surface area (Å²) >= 11 is 0. The van der Waals surface area contributed by atoms with Crippen LogP contribution < -0.4 is 109 Å². The summed E-state index contributed by atoms with van der Waals surface area (Å²) < 4.78 is 87.0. The summed E-state index contributed by atoms with van der Waals surface area (Å²) in [6, 6.07) is 5.72. The fourth-order valence-corrected chi connectivity index (χ4v) is 12.7. The van der Waals surface area contributed by atoms with Gasteiger partial charge in [-0.25, -0.2) is 4.98 Å². The van der Waals surface area contributed by atoms with E-state index in [9.17, 15) is 66.5 Å². The van der Waals surface area contributed by atoms with Gasteiger partial charge in [0.25, 0.3) is 5.08 Å². The summed E-state index contributed by atoms with van der Waals surface area (Å²) in [4.78, 5) is 154. The molecule has 6 atom stereocenters. The van der Waals surface area contributed by atoms with Crippen molar-refractivity contribution in [3.63, 3.8) is 0 Å². The zero-order chi connectivity index (χ0) is 54.0. The number of nitrogens with zero attached hydrogens (tertiary/aromatic N) is 4. The predicted molar refractivity (Wildman–Crippen MR) is 233 cm³/mol. The molecule has 0 bridgehead atoms. The van der Waals surface area contributed by atoms with Crippen LogP contribution in [0.15, 0.2) is 49.3 Å². The van der Waals surface area contributed by atoms with Crippen LogP contribution in [0.2, 0.25) is 0 Å². The van der Waals surface area contributed by atoms with E-state index < -0.39 is 107 Å². The molecule has 2 aromatic heterocycles. The molecule has 0 amide bonds. The van der Waals surface area contributed by atoms with Crippen molar-refractivity contribution < 1.29 is 235 Å². The average molecular weight is 1240 g/mol. The van der Waals surface area contributed by atoms with Crippen LogP contribution in [0.4, 0.5) is 0 Å². The van der Waals surface area contributed by atoms with Crippen LogP contribution in [0, 0.1) is 0 Å². The Morgan fingerprint density at radius 3 is 1.11 bits per heavy atom. The molecule has 414 valence electrons. The molecule has 23 N–H and O–H groups in total. The largest absolute Gasteiger partial charge is 1.00 e. The van der Waals surface area contributed by atoms with Crippen molar-refractivity contribution in [2.24, 2.45) is 5.73 Å². The Bertz CT molecular complexity index is 2030. The van der Waals surface area contributed by atoms with Gasteiger partial charge in [-0.15, -0.1) is 0 Å². The molecule has 0 aliphatic rings. The molecule has 46 heteroatoms. The molecule has 0 saturated carbocycles. The fourth-order valence-electron chi connectivity index (χ4n) is 4.19. The minimum Gasteiger partial charge on any atom is -0.776 e. The number of hydrogen-bond donors (Lipinski definition) is 18. The first kappa shape index (κ1) is 90.8. The van der Waals surface area contributed by atoms with Gasteiger partial charge in [-0.05, 0) is 58.0 Å². The molecule has 6 unspecified atom stereocenters. The van der Waals surface area contributed by atoms with E-state index in [1.807, 2.05) is 25.1 Å². The summed E-state index contributed by atoms with van der Waals surface area (Å²) in [7, 11) is -41.8. The molecule has 0 saturated heterocycles. The monoisotopic (exact) mass is 1240 g/mol. The van der Waals surface area contributed by atoms with Crippen LogP contribution in [-0.4, -0.2) is 161 Å². The molecule has 0 aliphatic heterocycles. The van der Waals surface area contributed by atoms with Crippen LogP contribution in [0.25, 0.3) is 0 Å². The number of nitrogens with two attached hydrogens (primary N) is 1. The van der Waals surface area contributed by atoms with Crippen LogP contribution in [-0.2, 0) is 43.1 Å². The maximum atomic E-state index is 11.1. The Labute approximate surface area is 478 Å². The zero-order valence-corrected chi connectivity index (χ0v) is 52.6. The third-order valence-electron chi connectivity index (χ3n) is 8.37. The van der Waals surface area contributed by atoms with Gasteiger partial charge in [0, 0.05) is 37.8 Å². The van der Waals surface area contributed by atoms with Crippen LogP contribution in [0.3, 0.4) is 0 Å². The Kier molecular flexibility index (Phi) is 47.0. The number of unbranched alkanes of at least 4 members (excludes halogenated alkanes) is 2. The van der Waals surface area contributed by atoms with Crippen molar-refractivity contribution in [1.29, 1.82) is 0 Å². The van der Waals surface area contributed by atoms with Crippen molar-refractivity contribution in [2.45, 2.75) is 85.7 Å². The molecule has 0 radical (unpaired) electrons. The number of aliphatic hydroxyl groups is 4. The summed E-state index contributed by atoms with van der Waals surface area (Å²) in [5.41, 5.74) is 4.98. The first-order valence-electron chi connectivity index (χ1n) is 18.1. The second-order valence-electron chi connectivity index (χ2n) is 13.6. The SMILES string of the molecule is CCC(O)(P(=O)([O-])O)P(=O)(O)O.CCCCCN(C)CCC(O)(P(=O)([O-])O)P(=O)(O)O.NCCCC(O)(P(=O)([O-])O)P(=O)(O)O.O.O.O=P(O)(O)C(O)(Cn1ccnc1)P(=O)(O)O.[Na+].[Na+].[Na+].c1ccncc1. The topological polar surface area (TPSA) is 673 Å². The van der Waals surface area contributed by atoms with Gasteiger partial charge in [-0.2, -0.15) is 0 Å². The second kappa shape index (κ2) is 37.3. The maximum Gasteiger partial charge on any atom is 1.00 e. The molecule has 72 heavy (non-hydrogen) atoms. The smallest absolute Gasteiger partial charge is 0.776 e. The van der Waals surface area contributed by atoms with Crippen LogP contribution >= 0.6 is 60.8 Å². The minimum atomic E-state index is -5.58. The van der Waals surface area contributed by atoms with Crippen molar-refractivity contribution in [3.8, 4) is 0 Å². The molecule has 0 aromatic carbocycles. The molecule has 0 fully saturated rings. The van der Waals surface area contributed by atoms with Gasteiger partial charge in [0.05, 0.1) is 12.9 Å². The quantitative estimate of drug-likeness (QED) is 0.0313. The Morgan fingerprint density at radius 1 is 0.528 bits per heavy atom. The van der Waals surface area contributed by atoms with Gasteiger partial charge in [0.2, 0.25) is 15.2 Å². The van der Waals surface area contributed by atoms with E-state index in [1.54, 1.807) is 24.3 Å². The minimum absolute atomic E-state index is 0. The molecule has 2 rings (SSSR count). The number of hydrogen-bond acceptors (Lipinski definition) is 19. The summed E-state index contributed by atoms with van der Waals surface area (Å²) in [5, 5.41) is 23.5. The Hall–Kier alpha value is 2.24. The molecule has 35 nitrogen and oxygen atoms in total. The Morgan fingerprint density at radius 2 is 0.889 bits per heavy atom. The van der Waals surface area contributed by atoms with Crippen LogP contribution in [0.5, 0.6) is 0 Å². The van der Waals surface area contributed by atoms with Crippen molar-refractivity contribution in [2.75, 3.05) is 26.7 Å². The van der Waals surface area contributed by atoms with E-state index >= 15 is 0 Å². The van der Waals surface area contributed by atoms with Crippen molar-refractivity contribution in [3.05, 3.63) is 49.3 Å². The maximum absolute atomic E-state index is 11.1. The number of pyridine rings is 1. The number of imidazole rings is 1. The molecule has 0 spiro atoms. The van der Waals surface area contributed by atoms with Gasteiger partial charge >= 0.3 is 127 Å². The third-order valence-corrected chi connectivity index (χ3v) is 23.7. The van der Waals surface area contributed by atoms with Crippen molar-refractivity contribution >= 4 is 60.8 Å². The van der Waals surface area contributed by atoms with E-state index in [-0.39, 0.29) is 119 Å².